The minimum atomic E-state index is 0. The van der Waals surface area contributed by atoms with Crippen LogP contribution in [0.2, 0.25) is 0 Å². The van der Waals surface area contributed by atoms with Gasteiger partial charge >= 0.3 is 18.9 Å². The van der Waals surface area contributed by atoms with Crippen LogP contribution < -0.4 is 0 Å². The van der Waals surface area contributed by atoms with Crippen molar-refractivity contribution in [3.8, 4) is 0 Å². The summed E-state index contributed by atoms with van der Waals surface area (Å²) in [6, 6.07) is 0. The van der Waals surface area contributed by atoms with Crippen LogP contribution in [0, 0.1) is 5.92 Å². The molecule has 0 aromatic carbocycles. The van der Waals surface area contributed by atoms with E-state index in [9.17, 15) is 0 Å². The minimum absolute atomic E-state index is 0. The first-order valence-corrected chi connectivity index (χ1v) is 2.64. The van der Waals surface area contributed by atoms with Gasteiger partial charge in [-0.2, -0.15) is 0 Å². The maximum atomic E-state index is 2.16. The predicted octanol–water partition coefficient (Wildman–Crippen LogP) is 1.45. The summed E-state index contributed by atoms with van der Waals surface area (Å²) in [7, 11) is 0. The molecule has 1 aliphatic carbocycles. The van der Waals surface area contributed by atoms with Gasteiger partial charge in [0.2, 0.25) is 0 Å². The van der Waals surface area contributed by atoms with Crippen molar-refractivity contribution in [1.82, 2.24) is 0 Å². The molecular formula is C7H10Li. The first kappa shape index (κ1) is 8.08. The van der Waals surface area contributed by atoms with Crippen LogP contribution in [-0.2, 0) is 0 Å². The molecule has 0 aliphatic heterocycles. The van der Waals surface area contributed by atoms with Crippen molar-refractivity contribution in [3.05, 3.63) is 30.2 Å². The molecule has 39 valence electrons. The summed E-state index contributed by atoms with van der Waals surface area (Å²) in [5, 5.41) is 0. The fourth-order valence-corrected chi connectivity index (χ4v) is 0.650. The van der Waals surface area contributed by atoms with Crippen LogP contribution in [0.5, 0.6) is 0 Å². The van der Waals surface area contributed by atoms with Gasteiger partial charge < -0.3 is 0 Å². The van der Waals surface area contributed by atoms with E-state index < -0.39 is 0 Å². The Morgan fingerprint density at radius 3 is 2.00 bits per heavy atom. The van der Waals surface area contributed by atoms with E-state index in [4.69, 9.17) is 0 Å². The van der Waals surface area contributed by atoms with Gasteiger partial charge in [0.1, 0.15) is 0 Å². The molecule has 1 rings (SSSR count). The van der Waals surface area contributed by atoms with E-state index in [1.807, 2.05) is 0 Å². The van der Waals surface area contributed by atoms with Crippen LogP contribution in [0.3, 0.4) is 0 Å². The third kappa shape index (κ3) is 1.90. The van der Waals surface area contributed by atoms with E-state index in [2.05, 4.69) is 31.2 Å². The van der Waals surface area contributed by atoms with Gasteiger partial charge in [-0.05, 0) is 6.42 Å². The van der Waals surface area contributed by atoms with Crippen molar-refractivity contribution in [1.29, 1.82) is 0 Å². The molecule has 0 bridgehead atoms. The van der Waals surface area contributed by atoms with Crippen molar-refractivity contribution in [2.45, 2.75) is 13.3 Å². The van der Waals surface area contributed by atoms with Gasteiger partial charge in [0.25, 0.3) is 0 Å². The molecule has 0 atom stereocenters. The maximum absolute atomic E-state index is 2.16. The molecule has 0 unspecified atom stereocenters. The molecule has 0 amide bonds. The Hall–Kier alpha value is 0.0774. The Bertz CT molecular complexity index is 91.0. The summed E-state index contributed by atoms with van der Waals surface area (Å²) in [5.41, 5.74) is 0. The number of hydrogen-bond donors (Lipinski definition) is 0. The zero-order valence-electron chi connectivity index (χ0n) is 4.52. The first-order valence-electron chi connectivity index (χ1n) is 2.64. The molecule has 0 saturated heterocycles. The molecule has 0 N–H and O–H groups in total. The van der Waals surface area contributed by atoms with E-state index in [1.165, 1.54) is 5.92 Å². The molecule has 0 saturated carbocycles. The standard InChI is InChI=1S/C7H9.Li.H/c1-2-7-5-3-4-6-7;;/h3-6H,2H2,1H3;;. The van der Waals surface area contributed by atoms with Gasteiger partial charge in [-0.25, -0.2) is 0 Å². The average Bonchev–Trinajstić information content (AvgIpc) is 2.14. The molecule has 0 nitrogen and oxygen atoms in total. The monoisotopic (exact) mass is 101 g/mol. The van der Waals surface area contributed by atoms with Gasteiger partial charge in [-0.3, -0.25) is 0 Å². The van der Waals surface area contributed by atoms with Crippen molar-refractivity contribution in [2.24, 2.45) is 0 Å². The Morgan fingerprint density at radius 2 is 1.75 bits per heavy atom. The third-order valence-electron chi connectivity index (χ3n) is 1.14. The molecule has 0 aromatic rings. The third-order valence-corrected chi connectivity index (χ3v) is 1.14. The van der Waals surface area contributed by atoms with Gasteiger partial charge in [0.15, 0.2) is 0 Å². The topological polar surface area (TPSA) is 0 Å². The predicted molar refractivity (Wildman–Crippen MR) is 39.0 cm³/mol. The molecule has 1 aliphatic rings. The number of hydrogen-bond acceptors (Lipinski definition) is 0. The number of allylic oxidation sites excluding steroid dienone is 4. The summed E-state index contributed by atoms with van der Waals surface area (Å²) in [5.74, 6) is 1.43. The van der Waals surface area contributed by atoms with Crippen LogP contribution in [0.25, 0.3) is 0 Å². The Morgan fingerprint density at radius 1 is 1.25 bits per heavy atom. The SMILES string of the molecule is CC[C]1C=CC=C1.[LiH]. The zero-order chi connectivity index (χ0) is 5.11. The fraction of sp³-hybridized carbons (Fsp3) is 0.286. The zero-order valence-corrected chi connectivity index (χ0v) is 4.52. The van der Waals surface area contributed by atoms with Gasteiger partial charge in [-0.1, -0.05) is 31.2 Å². The second kappa shape index (κ2) is 4.01. The van der Waals surface area contributed by atoms with Gasteiger partial charge in [-0.15, -0.1) is 0 Å². The Labute approximate surface area is 62.8 Å². The van der Waals surface area contributed by atoms with E-state index in [-0.39, 0.29) is 18.9 Å². The Balaban J connectivity index is 0.000000490. The molecule has 1 heteroatoms. The van der Waals surface area contributed by atoms with E-state index in [0.29, 0.717) is 0 Å². The molecule has 0 fully saturated rings. The molecule has 0 heterocycles. The van der Waals surface area contributed by atoms with Crippen LogP contribution in [0.4, 0.5) is 0 Å². The molecule has 0 spiro atoms. The fourth-order valence-electron chi connectivity index (χ4n) is 0.650. The molecule has 0 aromatic heterocycles. The number of rotatable bonds is 1. The van der Waals surface area contributed by atoms with Gasteiger partial charge in [0.05, 0.1) is 0 Å². The first-order chi connectivity index (χ1) is 3.43. The molecule has 1 radical (unpaired) electrons. The van der Waals surface area contributed by atoms with Crippen LogP contribution >= 0.6 is 0 Å². The molecular weight excluding hydrogens is 91.0 g/mol. The average molecular weight is 101 g/mol. The van der Waals surface area contributed by atoms with Crippen molar-refractivity contribution < 1.29 is 0 Å². The summed E-state index contributed by atoms with van der Waals surface area (Å²) >= 11 is 0. The van der Waals surface area contributed by atoms with E-state index >= 15 is 0 Å². The van der Waals surface area contributed by atoms with Crippen LogP contribution in [-0.4, -0.2) is 18.9 Å². The van der Waals surface area contributed by atoms with E-state index in [1.54, 1.807) is 0 Å². The van der Waals surface area contributed by atoms with E-state index in [0.717, 1.165) is 6.42 Å². The Kier molecular flexibility index (Phi) is 4.05. The summed E-state index contributed by atoms with van der Waals surface area (Å²) < 4.78 is 0. The van der Waals surface area contributed by atoms with Crippen molar-refractivity contribution in [2.75, 3.05) is 0 Å². The second-order valence-corrected chi connectivity index (χ2v) is 1.65. The van der Waals surface area contributed by atoms with Crippen molar-refractivity contribution in [3.63, 3.8) is 0 Å². The second-order valence-electron chi connectivity index (χ2n) is 1.65. The van der Waals surface area contributed by atoms with Crippen LogP contribution in [0.1, 0.15) is 13.3 Å². The normalized spacial score (nSPS) is 16.6. The van der Waals surface area contributed by atoms with Crippen LogP contribution in [0.15, 0.2) is 24.3 Å². The molecule has 8 heavy (non-hydrogen) atoms. The quantitative estimate of drug-likeness (QED) is 0.438. The summed E-state index contributed by atoms with van der Waals surface area (Å²) in [6.07, 6.45) is 9.57. The van der Waals surface area contributed by atoms with Gasteiger partial charge in [0, 0.05) is 5.92 Å². The summed E-state index contributed by atoms with van der Waals surface area (Å²) in [4.78, 5) is 0. The summed E-state index contributed by atoms with van der Waals surface area (Å²) in [6.45, 7) is 2.16. The van der Waals surface area contributed by atoms with Crippen molar-refractivity contribution >= 4 is 18.9 Å².